The van der Waals surface area contributed by atoms with Gasteiger partial charge in [-0.25, -0.2) is 4.68 Å². The highest BCUT2D eigenvalue weighted by Gasteiger charge is 2.39. The van der Waals surface area contributed by atoms with E-state index in [1.807, 2.05) is 6.92 Å². The second-order valence-corrected chi connectivity index (χ2v) is 5.53. The molecule has 1 aliphatic heterocycles. The van der Waals surface area contributed by atoms with E-state index in [0.717, 1.165) is 12.8 Å². The van der Waals surface area contributed by atoms with E-state index in [0.29, 0.717) is 12.4 Å². The van der Waals surface area contributed by atoms with E-state index in [2.05, 4.69) is 15.5 Å². The van der Waals surface area contributed by atoms with Gasteiger partial charge in [0.05, 0.1) is 12.0 Å². The number of nitrogens with zero attached hydrogens (tertiary/aromatic N) is 4. The van der Waals surface area contributed by atoms with Crippen LogP contribution in [-0.2, 0) is 21.7 Å². The number of aliphatic carboxylic acids is 1. The van der Waals surface area contributed by atoms with Crippen LogP contribution >= 0.6 is 0 Å². The standard InChI is InChI=1S/C11H18N4O3/c1-10(2,9(16)17)7-15-8(12-13-14-15)11(3)5-4-6-18-11/h4-7H2,1-3H3,(H,16,17). The van der Waals surface area contributed by atoms with Crippen LogP contribution in [0.2, 0.25) is 0 Å². The van der Waals surface area contributed by atoms with Gasteiger partial charge < -0.3 is 9.84 Å². The van der Waals surface area contributed by atoms with Crippen LogP contribution in [0.4, 0.5) is 0 Å². The number of hydrogen-bond donors (Lipinski definition) is 1. The fraction of sp³-hybridized carbons (Fsp3) is 0.818. The van der Waals surface area contributed by atoms with Crippen molar-refractivity contribution in [2.24, 2.45) is 5.41 Å². The van der Waals surface area contributed by atoms with Crippen LogP contribution in [-0.4, -0.2) is 37.9 Å². The van der Waals surface area contributed by atoms with Crippen molar-refractivity contribution in [1.82, 2.24) is 20.2 Å². The molecule has 0 amide bonds. The Morgan fingerprint density at radius 3 is 2.89 bits per heavy atom. The van der Waals surface area contributed by atoms with Crippen LogP contribution in [0.25, 0.3) is 0 Å². The third-order valence-electron chi connectivity index (χ3n) is 3.35. The molecule has 0 bridgehead atoms. The van der Waals surface area contributed by atoms with Crippen LogP contribution < -0.4 is 0 Å². The predicted molar refractivity (Wildman–Crippen MR) is 61.8 cm³/mol. The molecule has 1 fully saturated rings. The van der Waals surface area contributed by atoms with Crippen molar-refractivity contribution in [2.45, 2.75) is 45.8 Å². The van der Waals surface area contributed by atoms with Gasteiger partial charge in [0.15, 0.2) is 5.82 Å². The second-order valence-electron chi connectivity index (χ2n) is 5.53. The zero-order valence-electron chi connectivity index (χ0n) is 10.9. The lowest BCUT2D eigenvalue weighted by atomic mass is 9.93. The molecule has 7 nitrogen and oxygen atoms in total. The Kier molecular flexibility index (Phi) is 3.10. The molecule has 7 heteroatoms. The molecule has 1 unspecified atom stereocenters. The van der Waals surface area contributed by atoms with Gasteiger partial charge in [-0.15, -0.1) is 5.10 Å². The molecule has 1 saturated heterocycles. The van der Waals surface area contributed by atoms with E-state index in [-0.39, 0.29) is 6.54 Å². The number of tetrazole rings is 1. The van der Waals surface area contributed by atoms with E-state index in [1.165, 1.54) is 0 Å². The minimum Gasteiger partial charge on any atom is -0.481 e. The number of aromatic nitrogens is 4. The van der Waals surface area contributed by atoms with Crippen LogP contribution in [0.1, 0.15) is 39.4 Å². The molecule has 1 N–H and O–H groups in total. The molecule has 1 aromatic rings. The average molecular weight is 254 g/mol. The minimum atomic E-state index is -0.918. The van der Waals surface area contributed by atoms with Crippen molar-refractivity contribution >= 4 is 5.97 Å². The van der Waals surface area contributed by atoms with Crippen molar-refractivity contribution in [3.63, 3.8) is 0 Å². The summed E-state index contributed by atoms with van der Waals surface area (Å²) in [6.45, 7) is 6.16. The summed E-state index contributed by atoms with van der Waals surface area (Å²) in [6.07, 6.45) is 1.81. The Balaban J connectivity index is 2.26. The summed E-state index contributed by atoms with van der Waals surface area (Å²) >= 11 is 0. The number of carboxylic acid groups (broad SMARTS) is 1. The van der Waals surface area contributed by atoms with Crippen LogP contribution in [0.15, 0.2) is 0 Å². The maximum absolute atomic E-state index is 11.1. The summed E-state index contributed by atoms with van der Waals surface area (Å²) in [5.74, 6) is -0.268. The smallest absolute Gasteiger partial charge is 0.310 e. The molecule has 0 radical (unpaired) electrons. The molecular weight excluding hydrogens is 236 g/mol. The molecule has 18 heavy (non-hydrogen) atoms. The van der Waals surface area contributed by atoms with Gasteiger partial charge in [-0.2, -0.15) is 0 Å². The van der Waals surface area contributed by atoms with Crippen LogP contribution in [0, 0.1) is 5.41 Å². The summed E-state index contributed by atoms with van der Waals surface area (Å²) in [5.41, 5.74) is -1.42. The van der Waals surface area contributed by atoms with Gasteiger partial charge in [0.25, 0.3) is 0 Å². The van der Waals surface area contributed by atoms with Crippen molar-refractivity contribution in [3.05, 3.63) is 5.82 Å². The summed E-state index contributed by atoms with van der Waals surface area (Å²) in [5, 5.41) is 20.7. The van der Waals surface area contributed by atoms with Gasteiger partial charge in [0.1, 0.15) is 5.60 Å². The maximum atomic E-state index is 11.1. The normalized spacial score (nSPS) is 24.4. The van der Waals surface area contributed by atoms with E-state index in [9.17, 15) is 4.79 Å². The molecule has 1 atom stereocenters. The Morgan fingerprint density at radius 2 is 2.33 bits per heavy atom. The van der Waals surface area contributed by atoms with E-state index in [4.69, 9.17) is 9.84 Å². The van der Waals surface area contributed by atoms with Gasteiger partial charge >= 0.3 is 5.97 Å². The fourth-order valence-electron chi connectivity index (χ4n) is 2.09. The zero-order valence-corrected chi connectivity index (χ0v) is 10.9. The maximum Gasteiger partial charge on any atom is 0.310 e. The average Bonchev–Trinajstić information content (AvgIpc) is 2.87. The highest BCUT2D eigenvalue weighted by molar-refractivity contribution is 5.73. The summed E-state index contributed by atoms with van der Waals surface area (Å²) in [7, 11) is 0. The van der Waals surface area contributed by atoms with Crippen molar-refractivity contribution in [2.75, 3.05) is 6.61 Å². The first-order valence-electron chi connectivity index (χ1n) is 5.99. The molecule has 2 heterocycles. The first kappa shape index (κ1) is 12.9. The molecule has 1 aliphatic rings. The van der Waals surface area contributed by atoms with Gasteiger partial charge in [-0.3, -0.25) is 4.79 Å². The lowest BCUT2D eigenvalue weighted by molar-refractivity contribution is -0.147. The summed E-state index contributed by atoms with van der Waals surface area (Å²) < 4.78 is 7.23. The molecule has 100 valence electrons. The van der Waals surface area contributed by atoms with Crippen molar-refractivity contribution in [1.29, 1.82) is 0 Å². The van der Waals surface area contributed by atoms with Crippen molar-refractivity contribution in [3.8, 4) is 0 Å². The Morgan fingerprint density at radius 1 is 1.61 bits per heavy atom. The Hall–Kier alpha value is -1.50. The first-order valence-corrected chi connectivity index (χ1v) is 5.99. The van der Waals surface area contributed by atoms with E-state index < -0.39 is 17.0 Å². The third kappa shape index (κ3) is 2.22. The summed E-state index contributed by atoms with van der Waals surface area (Å²) in [6, 6.07) is 0. The van der Waals surface area contributed by atoms with Crippen LogP contribution in [0.5, 0.6) is 0 Å². The number of carboxylic acids is 1. The molecule has 2 rings (SSSR count). The van der Waals surface area contributed by atoms with E-state index >= 15 is 0 Å². The fourth-order valence-corrected chi connectivity index (χ4v) is 2.09. The molecular formula is C11H18N4O3. The predicted octanol–water partition coefficient (Wildman–Crippen LogP) is 0.810. The van der Waals surface area contributed by atoms with Gasteiger partial charge in [-0.05, 0) is 44.0 Å². The first-order chi connectivity index (χ1) is 8.35. The van der Waals surface area contributed by atoms with Crippen LogP contribution in [0.3, 0.4) is 0 Å². The second kappa shape index (κ2) is 4.31. The topological polar surface area (TPSA) is 90.1 Å². The third-order valence-corrected chi connectivity index (χ3v) is 3.35. The molecule has 0 saturated carbocycles. The largest absolute Gasteiger partial charge is 0.481 e. The SMILES string of the molecule is CC(C)(Cn1nnnc1C1(C)CCCO1)C(=O)O. The van der Waals surface area contributed by atoms with Crippen molar-refractivity contribution < 1.29 is 14.6 Å². The zero-order chi connectivity index (χ0) is 13.4. The molecule has 0 aliphatic carbocycles. The van der Waals surface area contributed by atoms with Gasteiger partial charge in [-0.1, -0.05) is 0 Å². The lowest BCUT2D eigenvalue weighted by Crippen LogP contribution is -2.33. The monoisotopic (exact) mass is 254 g/mol. The number of carbonyl (C=O) groups is 1. The highest BCUT2D eigenvalue weighted by Crippen LogP contribution is 2.34. The Labute approximate surface area is 105 Å². The number of hydrogen-bond acceptors (Lipinski definition) is 5. The lowest BCUT2D eigenvalue weighted by Gasteiger charge is -2.24. The highest BCUT2D eigenvalue weighted by atomic mass is 16.5. The van der Waals surface area contributed by atoms with Gasteiger partial charge in [0, 0.05) is 6.61 Å². The molecule has 1 aromatic heterocycles. The quantitative estimate of drug-likeness (QED) is 0.855. The number of rotatable bonds is 4. The molecule has 0 aromatic carbocycles. The van der Waals surface area contributed by atoms with Gasteiger partial charge in [0.2, 0.25) is 0 Å². The Bertz CT molecular complexity index is 449. The number of ether oxygens (including phenoxy) is 1. The van der Waals surface area contributed by atoms with E-state index in [1.54, 1.807) is 18.5 Å². The summed E-state index contributed by atoms with van der Waals surface area (Å²) in [4.78, 5) is 11.1. The minimum absolute atomic E-state index is 0.226. The molecule has 0 spiro atoms.